The van der Waals surface area contributed by atoms with E-state index in [0.29, 0.717) is 50.3 Å². The molecule has 0 amide bonds. The van der Waals surface area contributed by atoms with Crippen LogP contribution in [0, 0.1) is 30.3 Å². The second kappa shape index (κ2) is 10.9. The third kappa shape index (κ3) is 4.90. The number of fused-ring (bicyclic) bond motifs is 4. The smallest absolute Gasteiger partial charge is 0.418 e. The SMILES string of the molecule is Cc1cc(N)nc(-c2c(F)c(F)c3c(N4C[C@@H]5CC[C@](C6CC6)(C4)N5)nc(OC[C@@]45CCCN4C/C(=C\F)C5)nc3c2F)c1C(F)(F)F. The molecule has 0 unspecified atom stereocenters. The zero-order chi connectivity index (χ0) is 33.7. The summed E-state index contributed by atoms with van der Waals surface area (Å²) in [5.41, 5.74) is 0.396. The lowest BCUT2D eigenvalue weighted by molar-refractivity contribution is -0.137. The predicted octanol–water partition coefficient (Wildman–Crippen LogP) is 6.21. The van der Waals surface area contributed by atoms with E-state index < -0.39 is 68.3 Å². The van der Waals surface area contributed by atoms with Crippen LogP contribution in [0.3, 0.4) is 0 Å². The van der Waals surface area contributed by atoms with Crippen LogP contribution in [0.4, 0.5) is 42.4 Å². The van der Waals surface area contributed by atoms with Crippen molar-refractivity contribution in [3.05, 3.63) is 46.5 Å². The number of pyridine rings is 1. The van der Waals surface area contributed by atoms with Crippen LogP contribution in [-0.4, -0.2) is 69.8 Å². The van der Waals surface area contributed by atoms with Crippen molar-refractivity contribution in [2.24, 2.45) is 5.92 Å². The van der Waals surface area contributed by atoms with E-state index in [1.807, 2.05) is 0 Å². The molecule has 2 bridgehead atoms. The van der Waals surface area contributed by atoms with Gasteiger partial charge in [0.1, 0.15) is 23.8 Å². The molecule has 3 N–H and O–H groups in total. The molecule has 0 spiro atoms. The second-order valence-corrected chi connectivity index (χ2v) is 14.1. The number of hydrogen-bond donors (Lipinski definition) is 2. The van der Waals surface area contributed by atoms with Gasteiger partial charge in [-0.2, -0.15) is 23.1 Å². The highest BCUT2D eigenvalue weighted by Crippen LogP contribution is 2.50. The van der Waals surface area contributed by atoms with Gasteiger partial charge in [-0.1, -0.05) is 0 Å². The zero-order valence-corrected chi connectivity index (χ0v) is 26.2. The number of piperazine rings is 1. The van der Waals surface area contributed by atoms with Crippen molar-refractivity contribution >= 4 is 22.5 Å². The molecule has 48 heavy (non-hydrogen) atoms. The fourth-order valence-electron chi connectivity index (χ4n) is 8.78. The summed E-state index contributed by atoms with van der Waals surface area (Å²) in [6.45, 7) is 3.01. The van der Waals surface area contributed by atoms with Gasteiger partial charge in [0, 0.05) is 31.2 Å². The van der Waals surface area contributed by atoms with Crippen molar-refractivity contribution in [1.82, 2.24) is 25.2 Å². The molecular formula is C33H34F7N7O. The number of benzene rings is 1. The molecular weight excluding hydrogens is 643 g/mol. The third-order valence-corrected chi connectivity index (χ3v) is 11.0. The van der Waals surface area contributed by atoms with Gasteiger partial charge in [0.15, 0.2) is 17.5 Å². The van der Waals surface area contributed by atoms with E-state index in [9.17, 15) is 17.6 Å². The van der Waals surface area contributed by atoms with Gasteiger partial charge in [-0.15, -0.1) is 0 Å². The van der Waals surface area contributed by atoms with Crippen LogP contribution in [0.2, 0.25) is 0 Å². The average Bonchev–Trinajstić information content (AvgIpc) is 3.65. The van der Waals surface area contributed by atoms with Crippen molar-refractivity contribution in [2.75, 3.05) is 43.4 Å². The van der Waals surface area contributed by atoms with Crippen LogP contribution < -0.4 is 20.7 Å². The maximum absolute atomic E-state index is 16.7. The van der Waals surface area contributed by atoms with Gasteiger partial charge in [-0.3, -0.25) is 4.90 Å². The maximum Gasteiger partial charge on any atom is 0.418 e. The number of hydrogen-bond acceptors (Lipinski definition) is 8. The Balaban J connectivity index is 1.30. The number of aromatic nitrogens is 3. The van der Waals surface area contributed by atoms with Crippen LogP contribution in [0.15, 0.2) is 18.0 Å². The van der Waals surface area contributed by atoms with Gasteiger partial charge in [0.05, 0.1) is 34.1 Å². The summed E-state index contributed by atoms with van der Waals surface area (Å²) >= 11 is 0. The molecule has 8 rings (SSSR count). The largest absolute Gasteiger partial charge is 0.461 e. The summed E-state index contributed by atoms with van der Waals surface area (Å²) in [5, 5.41) is 3.11. The molecule has 1 saturated carbocycles. The molecule has 15 heteroatoms. The fourth-order valence-corrected chi connectivity index (χ4v) is 8.78. The Hall–Kier alpha value is -3.72. The van der Waals surface area contributed by atoms with E-state index in [1.165, 1.54) is 0 Å². The van der Waals surface area contributed by atoms with Gasteiger partial charge in [-0.05, 0) is 81.5 Å². The minimum atomic E-state index is -5.09. The van der Waals surface area contributed by atoms with Crippen molar-refractivity contribution in [1.29, 1.82) is 0 Å². The van der Waals surface area contributed by atoms with Crippen LogP contribution in [0.25, 0.3) is 22.2 Å². The van der Waals surface area contributed by atoms with Crippen molar-refractivity contribution in [2.45, 2.75) is 75.2 Å². The molecule has 1 aromatic carbocycles. The summed E-state index contributed by atoms with van der Waals surface area (Å²) in [6.07, 6.45) is 1.25. The lowest BCUT2D eigenvalue weighted by Crippen LogP contribution is -2.61. The lowest BCUT2D eigenvalue weighted by atomic mass is 9.90. The Morgan fingerprint density at radius 1 is 1.08 bits per heavy atom. The summed E-state index contributed by atoms with van der Waals surface area (Å²) in [5.74, 6) is -5.13. The first kappa shape index (κ1) is 31.5. The Bertz CT molecular complexity index is 1860. The van der Waals surface area contributed by atoms with E-state index in [4.69, 9.17) is 10.5 Å². The van der Waals surface area contributed by atoms with Crippen molar-refractivity contribution < 1.29 is 35.5 Å². The molecule has 4 saturated heterocycles. The van der Waals surface area contributed by atoms with Gasteiger partial charge < -0.3 is 20.7 Å². The fraction of sp³-hybridized carbons (Fsp3) is 0.545. The molecule has 6 heterocycles. The standard InChI is InChI=1S/C33H34F7N7O/c1-16-9-20(41)42-27(23(16)33(38,39)40)21-24(35)25(36)22-28(26(21)37)43-30(48-15-31-6-2-8-47(31)12-17(10-31)11-34)44-29(22)46-13-19-5-7-32(14-46,45-19)18-3-4-18/h9,11,18-19,45H,2-8,10,12-15H2,1H3,(H2,41,42)/b17-11-/t19-,31-,32+/m0/s1. The summed E-state index contributed by atoms with van der Waals surface area (Å²) in [6, 6.07) is 0.611. The van der Waals surface area contributed by atoms with Gasteiger partial charge >= 0.3 is 12.2 Å². The second-order valence-electron chi connectivity index (χ2n) is 14.1. The molecule has 8 nitrogen and oxygen atoms in total. The first-order valence-electron chi connectivity index (χ1n) is 16.2. The lowest BCUT2D eigenvalue weighted by Gasteiger charge is -2.42. The number of anilines is 2. The highest BCUT2D eigenvalue weighted by molar-refractivity contribution is 5.94. The zero-order valence-electron chi connectivity index (χ0n) is 26.2. The molecule has 3 atom stereocenters. The van der Waals surface area contributed by atoms with E-state index >= 15 is 13.2 Å². The van der Waals surface area contributed by atoms with E-state index in [2.05, 4.69) is 25.2 Å². The molecule has 4 aliphatic heterocycles. The first-order chi connectivity index (χ1) is 22.8. The molecule has 3 aromatic rings. The molecule has 5 fully saturated rings. The topological polar surface area (TPSA) is 92.4 Å². The average molecular weight is 678 g/mol. The number of nitrogen functional groups attached to an aromatic ring is 1. The normalized spacial score (nSPS) is 28.2. The van der Waals surface area contributed by atoms with Crippen LogP contribution in [0.5, 0.6) is 6.01 Å². The minimum absolute atomic E-state index is 0.0117. The molecule has 256 valence electrons. The third-order valence-electron chi connectivity index (χ3n) is 11.0. The van der Waals surface area contributed by atoms with Crippen molar-refractivity contribution in [3.63, 3.8) is 0 Å². The van der Waals surface area contributed by atoms with Gasteiger partial charge in [0.2, 0.25) is 0 Å². The van der Waals surface area contributed by atoms with Gasteiger partial charge in [-0.25, -0.2) is 22.5 Å². The number of rotatable bonds is 6. The van der Waals surface area contributed by atoms with Crippen LogP contribution >= 0.6 is 0 Å². The van der Waals surface area contributed by atoms with E-state index in [1.54, 1.807) is 4.90 Å². The summed E-state index contributed by atoms with van der Waals surface area (Å²) in [4.78, 5) is 16.3. The number of nitrogens with one attached hydrogen (secondary N) is 1. The van der Waals surface area contributed by atoms with E-state index in [0.717, 1.165) is 51.6 Å². The number of halogens is 7. The van der Waals surface area contributed by atoms with Crippen molar-refractivity contribution in [3.8, 4) is 17.3 Å². The Labute approximate surface area is 271 Å². The quantitative estimate of drug-likeness (QED) is 0.235. The highest BCUT2D eigenvalue weighted by atomic mass is 19.4. The number of aryl methyl sites for hydroxylation is 1. The van der Waals surface area contributed by atoms with Gasteiger partial charge in [0.25, 0.3) is 0 Å². The van der Waals surface area contributed by atoms with Crippen LogP contribution in [-0.2, 0) is 6.18 Å². The van der Waals surface area contributed by atoms with E-state index in [-0.39, 0.29) is 30.0 Å². The number of alkyl halides is 3. The predicted molar refractivity (Wildman–Crippen MR) is 163 cm³/mol. The Kier molecular flexibility index (Phi) is 7.16. The Morgan fingerprint density at radius 3 is 2.60 bits per heavy atom. The summed E-state index contributed by atoms with van der Waals surface area (Å²) < 4.78 is 112. The Morgan fingerprint density at radius 2 is 1.88 bits per heavy atom. The maximum atomic E-state index is 16.7. The number of ether oxygens (including phenoxy) is 1. The monoisotopic (exact) mass is 677 g/mol. The first-order valence-corrected chi connectivity index (χ1v) is 16.2. The molecule has 0 radical (unpaired) electrons. The highest BCUT2D eigenvalue weighted by Gasteiger charge is 2.54. The number of nitrogens with two attached hydrogens (primary N) is 1. The van der Waals surface area contributed by atoms with Crippen LogP contribution in [0.1, 0.15) is 56.1 Å². The molecule has 2 aromatic heterocycles. The summed E-state index contributed by atoms with van der Waals surface area (Å²) in [7, 11) is 0. The molecule has 1 aliphatic carbocycles. The minimum Gasteiger partial charge on any atom is -0.461 e. The molecule has 5 aliphatic rings. The number of nitrogens with zero attached hydrogens (tertiary/aromatic N) is 5.